The van der Waals surface area contributed by atoms with Crippen LogP contribution in [0.25, 0.3) is 11.5 Å². The number of anilines is 1. The van der Waals surface area contributed by atoms with Crippen LogP contribution in [0.3, 0.4) is 0 Å². The zero-order valence-corrected chi connectivity index (χ0v) is 40.1. The fourth-order valence-corrected chi connectivity index (χ4v) is 12.0. The molecule has 10 atom stereocenters. The van der Waals surface area contributed by atoms with Gasteiger partial charge < -0.3 is 83.8 Å². The Labute approximate surface area is 420 Å². The normalized spacial score (nSPS) is 31.2. The zero-order valence-electron chi connectivity index (χ0n) is 40.1. The summed E-state index contributed by atoms with van der Waals surface area (Å²) in [6.45, 7) is 3.76. The Hall–Kier alpha value is -7.64. The highest BCUT2D eigenvalue weighted by Gasteiger charge is 2.67. The monoisotopic (exact) mass is 1030 g/mol. The molecule has 8 rings (SSSR count). The summed E-state index contributed by atoms with van der Waals surface area (Å²) in [4.78, 5) is 105. The first-order valence-corrected chi connectivity index (χ1v) is 23.7. The molecule has 0 saturated heterocycles. The third kappa shape index (κ3) is 7.68. The van der Waals surface area contributed by atoms with Crippen LogP contribution < -0.4 is 32.7 Å². The molecule has 0 heterocycles. The summed E-state index contributed by atoms with van der Waals surface area (Å²) >= 11 is 0. The maximum atomic E-state index is 14.2. The van der Waals surface area contributed by atoms with Crippen molar-refractivity contribution < 1.29 is 89.4 Å². The van der Waals surface area contributed by atoms with Crippen LogP contribution in [0, 0.1) is 29.6 Å². The van der Waals surface area contributed by atoms with Crippen LogP contribution in [0.2, 0.25) is 0 Å². The number of carbonyl (C=O) groups excluding carboxylic acids is 8. The maximum absolute atomic E-state index is 14.2. The number of aliphatic hydroxyl groups is 8. The van der Waals surface area contributed by atoms with Crippen molar-refractivity contribution in [2.24, 2.45) is 41.1 Å². The fourth-order valence-electron chi connectivity index (χ4n) is 12.0. The fraction of sp³-hybridized carbons (Fsp3) is 0.440. The highest BCUT2D eigenvalue weighted by atomic mass is 16.4. The van der Waals surface area contributed by atoms with Crippen LogP contribution in [0.15, 0.2) is 64.1 Å². The van der Waals surface area contributed by atoms with Gasteiger partial charge in [0.05, 0.1) is 34.1 Å². The van der Waals surface area contributed by atoms with Crippen molar-refractivity contribution in [1.82, 2.24) is 16.0 Å². The first-order chi connectivity index (χ1) is 34.6. The Morgan fingerprint density at radius 2 is 1.19 bits per heavy atom. The minimum absolute atomic E-state index is 0.0206. The average molecular weight is 1030 g/mol. The van der Waals surface area contributed by atoms with Crippen molar-refractivity contribution >= 4 is 64.1 Å². The number of unbranched alkanes of at least 4 members (excludes halogenated alkanes) is 2. The molecule has 2 saturated carbocycles. The summed E-state index contributed by atoms with van der Waals surface area (Å²) < 4.78 is 0. The minimum Gasteiger partial charge on any atom is -0.508 e. The third-order valence-electron chi connectivity index (χ3n) is 15.9. The molecule has 2 unspecified atom stereocenters. The number of nitrogens with one attached hydrogen (secondary N) is 4. The summed E-state index contributed by atoms with van der Waals surface area (Å²) in [7, 11) is 0. The van der Waals surface area contributed by atoms with Gasteiger partial charge in [0, 0.05) is 66.8 Å². The molecular formula is C50H56N6O18. The molecule has 0 aliphatic heterocycles. The highest BCUT2D eigenvalue weighted by Crippen LogP contribution is 2.59. The lowest BCUT2D eigenvalue weighted by Crippen LogP contribution is -2.67. The van der Waals surface area contributed by atoms with E-state index in [4.69, 9.17) is 11.5 Å². The number of amides is 5. The number of primary amides is 2. The number of urea groups is 1. The van der Waals surface area contributed by atoms with Crippen LogP contribution in [0.4, 0.5) is 10.5 Å². The predicted octanol–water partition coefficient (Wildman–Crippen LogP) is -0.196. The Balaban J connectivity index is 0.842. The molecule has 24 nitrogen and oxygen atoms in total. The van der Waals surface area contributed by atoms with E-state index in [2.05, 4.69) is 21.3 Å². The van der Waals surface area contributed by atoms with Gasteiger partial charge >= 0.3 is 6.03 Å². The molecule has 2 aromatic rings. The molecule has 2 fully saturated rings. The summed E-state index contributed by atoms with van der Waals surface area (Å²) in [6, 6.07) is 4.21. The van der Waals surface area contributed by atoms with Crippen molar-refractivity contribution in [2.45, 2.75) is 87.7 Å². The van der Waals surface area contributed by atoms with Gasteiger partial charge in [-0.15, -0.1) is 0 Å². The third-order valence-corrected chi connectivity index (χ3v) is 15.9. The van der Waals surface area contributed by atoms with Crippen molar-refractivity contribution in [3.05, 3.63) is 86.4 Å². The molecule has 0 radical (unpaired) electrons. The molecule has 394 valence electrons. The number of phenolic OH excluding ortho intramolecular Hbond substituents is 2. The molecular weight excluding hydrogens is 973 g/mol. The molecule has 0 bridgehead atoms. The van der Waals surface area contributed by atoms with Crippen LogP contribution in [0.1, 0.15) is 81.5 Å². The van der Waals surface area contributed by atoms with Gasteiger partial charge in [-0.25, -0.2) is 4.79 Å². The number of aromatic hydroxyl groups is 2. The van der Waals surface area contributed by atoms with Gasteiger partial charge in [0.25, 0.3) is 11.8 Å². The molecule has 6 aliphatic carbocycles. The highest BCUT2D eigenvalue weighted by molar-refractivity contribution is 6.25. The summed E-state index contributed by atoms with van der Waals surface area (Å²) in [5.74, 6) is -20.0. The summed E-state index contributed by atoms with van der Waals surface area (Å²) in [6.07, 6.45) is 0.447. The molecule has 74 heavy (non-hydrogen) atoms. The molecule has 2 aromatic carbocycles. The van der Waals surface area contributed by atoms with Gasteiger partial charge in [0.1, 0.15) is 45.7 Å². The molecule has 0 aromatic heterocycles. The van der Waals surface area contributed by atoms with Gasteiger partial charge in [-0.05, 0) is 62.8 Å². The number of rotatable bonds is 13. The van der Waals surface area contributed by atoms with E-state index in [1.54, 1.807) is 0 Å². The lowest BCUT2D eigenvalue weighted by Gasteiger charge is -2.52. The number of benzene rings is 2. The molecule has 0 spiro atoms. The largest absolute Gasteiger partial charge is 0.508 e. The first-order valence-electron chi connectivity index (χ1n) is 23.7. The van der Waals surface area contributed by atoms with Gasteiger partial charge in [-0.1, -0.05) is 31.5 Å². The number of aliphatic hydroxyl groups excluding tert-OH is 4. The minimum atomic E-state index is -2.98. The van der Waals surface area contributed by atoms with E-state index in [1.807, 2.05) is 0 Å². The number of phenols is 2. The average Bonchev–Trinajstić information content (AvgIpc) is 3.32. The quantitative estimate of drug-likeness (QED) is 0.0702. The topological polar surface area (TPSA) is 439 Å². The summed E-state index contributed by atoms with van der Waals surface area (Å²) in [5.41, 5.74) is -3.29. The molecule has 24 heteroatoms. The SMILES string of the molecule is C[C@@H]1C(=O)C(C(N)=O)=C(O)[C@@]2(O)C(=O)C3=C(O)c4c(ccc(NC(=O)NCCCCCC(=O)NCCNC5C(=O)C(C(N)=O)=C(O)[C@@]6(O)C(=O)C7=C(O)c8c(O)cccc8[C@@](C)(O)[C@H]7CC56)c4O)[C@@](C)(O)[C@H]3C[C@@H]12. The van der Waals surface area contributed by atoms with Crippen molar-refractivity contribution in [2.75, 3.05) is 25.0 Å². The second-order valence-electron chi connectivity index (χ2n) is 20.1. The van der Waals surface area contributed by atoms with Crippen molar-refractivity contribution in [3.8, 4) is 11.5 Å². The van der Waals surface area contributed by atoms with E-state index in [-0.39, 0.29) is 54.9 Å². The van der Waals surface area contributed by atoms with Gasteiger partial charge in [-0.2, -0.15) is 0 Å². The van der Waals surface area contributed by atoms with Crippen LogP contribution >= 0.6 is 0 Å². The zero-order chi connectivity index (χ0) is 54.5. The van der Waals surface area contributed by atoms with Crippen molar-refractivity contribution in [1.29, 1.82) is 0 Å². The van der Waals surface area contributed by atoms with E-state index in [9.17, 15) is 89.4 Å². The number of hydrogen-bond acceptors (Lipinski definition) is 19. The standard InChI is InChI=1S/C50H56N6O18/c1-18-21-16-22-31(40(64)49(21,73)42(66)32(35(18)59)44(51)68)38(62)29-20(48(22,3)72)11-12-25(36(29)60)56-46(70)55-13-6-4-5-10-27(58)53-14-15-54-34-24-17-23-30(37(61)28-19(47(23,2)71)8-7-9-26(28)57)41(65)50(24,74)43(67)33(39(34)63)45(52)69/h7-9,11-12,18,21-24,34,54,57,60-62,66-67,71-74H,4-6,10,13-17H2,1-3H3,(H2,51,68)(H2,52,69)(H,53,58)(H2,55,56,70)/t18-,21-,22-,23-,24?,34?,47+,48+,49-,50-/m0/s1. The lowest BCUT2D eigenvalue weighted by molar-refractivity contribution is -0.158. The van der Waals surface area contributed by atoms with Crippen LogP contribution in [0.5, 0.6) is 11.5 Å². The van der Waals surface area contributed by atoms with E-state index in [0.717, 1.165) is 0 Å². The number of Topliss-reactive ketones (excluding diaryl/α,β-unsaturated/α-hetero) is 4. The van der Waals surface area contributed by atoms with Gasteiger partial charge in [-0.3, -0.25) is 33.6 Å². The summed E-state index contributed by atoms with van der Waals surface area (Å²) in [5, 5.41) is 125. The van der Waals surface area contributed by atoms with E-state index >= 15 is 0 Å². The number of ketones is 4. The van der Waals surface area contributed by atoms with Gasteiger partial charge in [0.2, 0.25) is 17.5 Å². The number of nitrogens with two attached hydrogens (primary N) is 2. The second kappa shape index (κ2) is 18.4. The van der Waals surface area contributed by atoms with E-state index in [0.29, 0.717) is 19.3 Å². The van der Waals surface area contributed by atoms with Crippen molar-refractivity contribution in [3.63, 3.8) is 0 Å². The van der Waals surface area contributed by atoms with Crippen LogP contribution in [-0.4, -0.2) is 135 Å². The lowest BCUT2D eigenvalue weighted by atomic mass is 9.53. The number of fused-ring (bicyclic) bond motifs is 6. The second-order valence-corrected chi connectivity index (χ2v) is 20.1. The smallest absolute Gasteiger partial charge is 0.319 e. The number of carbonyl (C=O) groups is 8. The first kappa shape index (κ1) is 52.7. The number of hydrogen-bond donors (Lipinski definition) is 16. The van der Waals surface area contributed by atoms with Gasteiger partial charge in [0.15, 0.2) is 22.8 Å². The maximum Gasteiger partial charge on any atom is 0.319 e. The molecule has 6 aliphatic rings. The molecule has 5 amide bonds. The Kier molecular flexibility index (Phi) is 13.1. The Morgan fingerprint density at radius 1 is 0.649 bits per heavy atom. The molecule has 18 N–H and O–H groups in total. The van der Waals surface area contributed by atoms with E-state index in [1.165, 1.54) is 51.1 Å². The Bertz CT molecular complexity index is 3030. The van der Waals surface area contributed by atoms with Crippen LogP contribution in [-0.2, 0) is 44.8 Å². The predicted molar refractivity (Wildman–Crippen MR) is 255 cm³/mol. The van der Waals surface area contributed by atoms with E-state index < -0.39 is 174 Å². The Morgan fingerprint density at radius 3 is 1.78 bits per heavy atom.